The lowest BCUT2D eigenvalue weighted by atomic mass is 10.1. The second-order valence-electron chi connectivity index (χ2n) is 4.59. The van der Waals surface area contributed by atoms with E-state index in [-0.39, 0.29) is 5.97 Å². The summed E-state index contributed by atoms with van der Waals surface area (Å²) in [5, 5.41) is 0. The molecule has 18 heavy (non-hydrogen) atoms. The molecule has 4 heteroatoms. The zero-order valence-electron chi connectivity index (χ0n) is 10.8. The molecule has 0 spiro atoms. The van der Waals surface area contributed by atoms with Gasteiger partial charge in [-0.2, -0.15) is 0 Å². The minimum absolute atomic E-state index is 0.154. The van der Waals surface area contributed by atoms with E-state index < -0.39 is 0 Å². The number of hydrogen-bond acceptors (Lipinski definition) is 4. The highest BCUT2D eigenvalue weighted by Gasteiger charge is 2.22. The molecule has 0 fully saturated rings. The standard InChI is InChI=1S/C14H20N2O2/c1-2-3-9-18-14(17)10-16-8-7-11-12(15)5-4-6-13(11)16/h4-6H,2-3,7-10,15H2,1H3. The number of carbonyl (C=O) groups is 1. The highest BCUT2D eigenvalue weighted by atomic mass is 16.5. The second kappa shape index (κ2) is 5.76. The van der Waals surface area contributed by atoms with Gasteiger partial charge < -0.3 is 15.4 Å². The smallest absolute Gasteiger partial charge is 0.325 e. The fourth-order valence-corrected chi connectivity index (χ4v) is 2.22. The summed E-state index contributed by atoms with van der Waals surface area (Å²) >= 11 is 0. The number of unbranched alkanes of at least 4 members (excludes halogenated alkanes) is 1. The van der Waals surface area contributed by atoms with Gasteiger partial charge in [0.1, 0.15) is 6.54 Å². The molecule has 1 aliphatic rings. The summed E-state index contributed by atoms with van der Waals surface area (Å²) in [4.78, 5) is 13.7. The third-order valence-corrected chi connectivity index (χ3v) is 3.24. The van der Waals surface area contributed by atoms with Gasteiger partial charge in [-0.3, -0.25) is 4.79 Å². The van der Waals surface area contributed by atoms with Crippen LogP contribution in [0.3, 0.4) is 0 Å². The van der Waals surface area contributed by atoms with Crippen LogP contribution in [0.15, 0.2) is 18.2 Å². The zero-order valence-corrected chi connectivity index (χ0v) is 10.8. The van der Waals surface area contributed by atoms with Crippen molar-refractivity contribution in [2.24, 2.45) is 0 Å². The number of nitrogen functional groups attached to an aromatic ring is 1. The quantitative estimate of drug-likeness (QED) is 0.492. The van der Waals surface area contributed by atoms with Crippen molar-refractivity contribution in [2.75, 3.05) is 30.3 Å². The molecule has 2 rings (SSSR count). The van der Waals surface area contributed by atoms with Crippen LogP contribution in [-0.2, 0) is 16.0 Å². The number of nitrogens with zero attached hydrogens (tertiary/aromatic N) is 1. The van der Waals surface area contributed by atoms with Gasteiger partial charge >= 0.3 is 5.97 Å². The first-order valence-electron chi connectivity index (χ1n) is 6.50. The fourth-order valence-electron chi connectivity index (χ4n) is 2.22. The predicted octanol–water partition coefficient (Wildman–Crippen LogP) is 1.97. The van der Waals surface area contributed by atoms with Crippen LogP contribution in [0.1, 0.15) is 25.3 Å². The largest absolute Gasteiger partial charge is 0.464 e. The Bertz CT molecular complexity index is 432. The van der Waals surface area contributed by atoms with E-state index in [0.29, 0.717) is 13.2 Å². The summed E-state index contributed by atoms with van der Waals surface area (Å²) in [6.07, 6.45) is 2.87. The van der Waals surface area contributed by atoms with E-state index in [0.717, 1.165) is 42.7 Å². The maximum atomic E-state index is 11.7. The third kappa shape index (κ3) is 2.75. The monoisotopic (exact) mass is 248 g/mol. The van der Waals surface area contributed by atoms with Gasteiger partial charge in [0.15, 0.2) is 0 Å². The van der Waals surface area contributed by atoms with Crippen LogP contribution in [-0.4, -0.2) is 25.7 Å². The molecule has 4 nitrogen and oxygen atoms in total. The van der Waals surface area contributed by atoms with Gasteiger partial charge in [-0.15, -0.1) is 0 Å². The lowest BCUT2D eigenvalue weighted by molar-refractivity contribution is -0.142. The molecular weight excluding hydrogens is 228 g/mol. The van der Waals surface area contributed by atoms with E-state index >= 15 is 0 Å². The van der Waals surface area contributed by atoms with E-state index in [1.165, 1.54) is 0 Å². The number of rotatable bonds is 5. The number of benzene rings is 1. The first-order chi connectivity index (χ1) is 8.72. The van der Waals surface area contributed by atoms with Crippen LogP contribution in [0, 0.1) is 0 Å². The van der Waals surface area contributed by atoms with Gasteiger partial charge in [0.05, 0.1) is 6.61 Å². The van der Waals surface area contributed by atoms with Crippen molar-refractivity contribution in [1.29, 1.82) is 0 Å². The summed E-state index contributed by atoms with van der Waals surface area (Å²) < 4.78 is 5.18. The van der Waals surface area contributed by atoms with Gasteiger partial charge in [-0.25, -0.2) is 0 Å². The summed E-state index contributed by atoms with van der Waals surface area (Å²) in [5.74, 6) is -0.154. The van der Waals surface area contributed by atoms with E-state index in [1.54, 1.807) is 0 Å². The summed E-state index contributed by atoms with van der Waals surface area (Å²) in [7, 11) is 0. The van der Waals surface area contributed by atoms with E-state index in [9.17, 15) is 4.79 Å². The fraction of sp³-hybridized carbons (Fsp3) is 0.500. The van der Waals surface area contributed by atoms with Gasteiger partial charge in [0.25, 0.3) is 0 Å². The number of esters is 1. The van der Waals surface area contributed by atoms with Crippen molar-refractivity contribution in [3.8, 4) is 0 Å². The minimum atomic E-state index is -0.154. The van der Waals surface area contributed by atoms with Gasteiger partial charge in [0.2, 0.25) is 0 Å². The highest BCUT2D eigenvalue weighted by molar-refractivity contribution is 5.79. The van der Waals surface area contributed by atoms with Gasteiger partial charge in [0, 0.05) is 23.5 Å². The Labute approximate surface area is 108 Å². The Morgan fingerprint density at radius 3 is 3.11 bits per heavy atom. The maximum absolute atomic E-state index is 11.7. The molecule has 2 N–H and O–H groups in total. The molecule has 0 aliphatic carbocycles. The molecule has 0 bridgehead atoms. The van der Waals surface area contributed by atoms with Crippen molar-refractivity contribution in [1.82, 2.24) is 0 Å². The average Bonchev–Trinajstić information content (AvgIpc) is 2.74. The van der Waals surface area contributed by atoms with Crippen molar-refractivity contribution in [3.63, 3.8) is 0 Å². The molecule has 1 aliphatic heterocycles. The van der Waals surface area contributed by atoms with Crippen LogP contribution in [0.25, 0.3) is 0 Å². The van der Waals surface area contributed by atoms with Crippen LogP contribution in [0.5, 0.6) is 0 Å². The molecule has 0 unspecified atom stereocenters. The Kier molecular flexibility index (Phi) is 4.07. The lowest BCUT2D eigenvalue weighted by Gasteiger charge is -2.18. The first-order valence-corrected chi connectivity index (χ1v) is 6.50. The second-order valence-corrected chi connectivity index (χ2v) is 4.59. The topological polar surface area (TPSA) is 55.6 Å². The summed E-state index contributed by atoms with van der Waals surface area (Å²) in [6.45, 7) is 3.76. The number of ether oxygens (including phenoxy) is 1. The van der Waals surface area contributed by atoms with Crippen molar-refractivity contribution in [3.05, 3.63) is 23.8 Å². The Hall–Kier alpha value is -1.71. The van der Waals surface area contributed by atoms with Crippen LogP contribution >= 0.6 is 0 Å². The molecule has 0 atom stereocenters. The highest BCUT2D eigenvalue weighted by Crippen LogP contribution is 2.31. The minimum Gasteiger partial charge on any atom is -0.464 e. The summed E-state index contributed by atoms with van der Waals surface area (Å²) in [6, 6.07) is 5.84. The number of nitrogens with two attached hydrogens (primary N) is 1. The van der Waals surface area contributed by atoms with Crippen LogP contribution < -0.4 is 10.6 Å². The third-order valence-electron chi connectivity index (χ3n) is 3.24. The number of carbonyl (C=O) groups excluding carboxylic acids is 1. The van der Waals surface area contributed by atoms with Gasteiger partial charge in [-0.05, 0) is 25.0 Å². The average molecular weight is 248 g/mol. The Morgan fingerprint density at radius 1 is 1.50 bits per heavy atom. The van der Waals surface area contributed by atoms with E-state index in [2.05, 4.69) is 6.92 Å². The molecule has 98 valence electrons. The number of hydrogen-bond donors (Lipinski definition) is 1. The van der Waals surface area contributed by atoms with Crippen molar-refractivity contribution < 1.29 is 9.53 Å². The molecule has 1 aromatic rings. The van der Waals surface area contributed by atoms with Crippen LogP contribution in [0.2, 0.25) is 0 Å². The molecule has 0 amide bonds. The SMILES string of the molecule is CCCCOC(=O)CN1CCc2c(N)cccc21. The van der Waals surface area contributed by atoms with E-state index in [4.69, 9.17) is 10.5 Å². The number of fused-ring (bicyclic) bond motifs is 1. The number of anilines is 2. The zero-order chi connectivity index (χ0) is 13.0. The van der Waals surface area contributed by atoms with E-state index in [1.807, 2.05) is 23.1 Å². The molecule has 0 aromatic heterocycles. The van der Waals surface area contributed by atoms with Gasteiger partial charge in [-0.1, -0.05) is 19.4 Å². The van der Waals surface area contributed by atoms with Crippen molar-refractivity contribution in [2.45, 2.75) is 26.2 Å². The molecule has 1 heterocycles. The summed E-state index contributed by atoms with van der Waals surface area (Å²) in [5.41, 5.74) is 8.96. The lowest BCUT2D eigenvalue weighted by Crippen LogP contribution is -2.29. The first kappa shape index (κ1) is 12.7. The Balaban J connectivity index is 1.93. The predicted molar refractivity (Wildman–Crippen MR) is 72.6 cm³/mol. The molecule has 1 aromatic carbocycles. The molecular formula is C14H20N2O2. The van der Waals surface area contributed by atoms with Crippen LogP contribution in [0.4, 0.5) is 11.4 Å². The maximum Gasteiger partial charge on any atom is 0.325 e. The molecule has 0 saturated heterocycles. The van der Waals surface area contributed by atoms with Crippen molar-refractivity contribution >= 4 is 17.3 Å². The normalized spacial score (nSPS) is 13.5. The molecule has 0 radical (unpaired) electrons. The Morgan fingerprint density at radius 2 is 2.33 bits per heavy atom. The molecule has 0 saturated carbocycles.